The van der Waals surface area contributed by atoms with Crippen LogP contribution in [0.15, 0.2) is 42.1 Å². The van der Waals surface area contributed by atoms with Gasteiger partial charge >= 0.3 is 0 Å². The van der Waals surface area contributed by atoms with Crippen molar-refractivity contribution in [2.45, 2.75) is 6.54 Å². The van der Waals surface area contributed by atoms with Crippen LogP contribution in [0.4, 0.5) is 0 Å². The number of nitrogens with zero attached hydrogens (tertiary/aromatic N) is 2. The third-order valence-corrected chi connectivity index (χ3v) is 3.59. The molecule has 4 nitrogen and oxygen atoms in total. The van der Waals surface area contributed by atoms with Crippen molar-refractivity contribution < 1.29 is 9.53 Å². The maximum absolute atomic E-state index is 12.0. The quantitative estimate of drug-likeness (QED) is 0.818. The molecule has 0 N–H and O–H groups in total. The number of amides is 1. The lowest BCUT2D eigenvalue weighted by Crippen LogP contribution is -2.37. The van der Waals surface area contributed by atoms with E-state index in [1.165, 1.54) is 5.56 Å². The van der Waals surface area contributed by atoms with E-state index in [9.17, 15) is 4.79 Å². The Hall–Kier alpha value is -1.81. The zero-order valence-electron chi connectivity index (χ0n) is 10.9. The molecule has 1 fully saturated rings. The van der Waals surface area contributed by atoms with Gasteiger partial charge in [-0.05, 0) is 5.56 Å². The molecule has 0 unspecified atom stereocenters. The molecule has 1 aromatic carbocycles. The minimum atomic E-state index is 0.116. The largest absolute Gasteiger partial charge is 0.378 e. The van der Waals surface area contributed by atoms with Crippen LogP contribution in [0.5, 0.6) is 0 Å². The minimum Gasteiger partial charge on any atom is -0.378 e. The molecule has 1 saturated heterocycles. The van der Waals surface area contributed by atoms with Gasteiger partial charge < -0.3 is 14.5 Å². The lowest BCUT2D eigenvalue weighted by Gasteiger charge is -2.30. The number of hydrogen-bond acceptors (Lipinski definition) is 3. The third kappa shape index (κ3) is 2.79. The number of rotatable bonds is 3. The Balaban J connectivity index is 1.63. The second-order valence-corrected chi connectivity index (χ2v) is 4.91. The first-order chi connectivity index (χ1) is 9.33. The van der Waals surface area contributed by atoms with Crippen LogP contribution in [0, 0.1) is 0 Å². The summed E-state index contributed by atoms with van der Waals surface area (Å²) in [6, 6.07) is 10.1. The Morgan fingerprint density at radius 3 is 2.58 bits per heavy atom. The summed E-state index contributed by atoms with van der Waals surface area (Å²) in [5.74, 6) is 0.116. The van der Waals surface area contributed by atoms with Crippen molar-refractivity contribution in [2.24, 2.45) is 0 Å². The highest BCUT2D eigenvalue weighted by molar-refractivity contribution is 5.91. The standard InChI is InChI=1S/C15H18N2O2/c18-15-10-14(16-6-8-19-9-7-16)12-17(15)11-13-4-2-1-3-5-13/h1-5,10H,6-9,11-12H2. The van der Waals surface area contributed by atoms with Gasteiger partial charge in [0.15, 0.2) is 0 Å². The van der Waals surface area contributed by atoms with Gasteiger partial charge in [0.2, 0.25) is 5.91 Å². The summed E-state index contributed by atoms with van der Waals surface area (Å²) in [5.41, 5.74) is 2.30. The zero-order valence-corrected chi connectivity index (χ0v) is 10.9. The van der Waals surface area contributed by atoms with Crippen molar-refractivity contribution in [1.29, 1.82) is 0 Å². The van der Waals surface area contributed by atoms with Gasteiger partial charge in [0.05, 0.1) is 19.8 Å². The van der Waals surface area contributed by atoms with Crippen LogP contribution in [-0.4, -0.2) is 48.6 Å². The fraction of sp³-hybridized carbons (Fsp3) is 0.400. The first kappa shape index (κ1) is 12.2. The number of ether oxygens (including phenoxy) is 1. The molecule has 0 aliphatic carbocycles. The van der Waals surface area contributed by atoms with Gasteiger partial charge in [-0.1, -0.05) is 30.3 Å². The van der Waals surface area contributed by atoms with Crippen molar-refractivity contribution in [3.8, 4) is 0 Å². The molecule has 3 rings (SSSR count). The Labute approximate surface area is 113 Å². The van der Waals surface area contributed by atoms with E-state index in [2.05, 4.69) is 17.0 Å². The Bertz CT molecular complexity index is 478. The lowest BCUT2D eigenvalue weighted by atomic mass is 10.2. The summed E-state index contributed by atoms with van der Waals surface area (Å²) in [6.07, 6.45) is 1.77. The molecule has 4 heteroatoms. The SMILES string of the molecule is O=C1C=C(N2CCOCC2)CN1Cc1ccccc1. The average molecular weight is 258 g/mol. The van der Waals surface area contributed by atoms with Crippen molar-refractivity contribution in [2.75, 3.05) is 32.8 Å². The van der Waals surface area contributed by atoms with Crippen LogP contribution in [0.1, 0.15) is 5.56 Å². The molecule has 1 amide bonds. The maximum atomic E-state index is 12.0. The minimum absolute atomic E-state index is 0.116. The fourth-order valence-corrected chi connectivity index (χ4v) is 2.53. The molecule has 0 aromatic heterocycles. The molecule has 2 heterocycles. The molecule has 2 aliphatic heterocycles. The van der Waals surface area contributed by atoms with Gasteiger partial charge in [-0.3, -0.25) is 4.79 Å². The number of morpholine rings is 1. The van der Waals surface area contributed by atoms with Crippen LogP contribution in [0.3, 0.4) is 0 Å². The van der Waals surface area contributed by atoms with Crippen molar-refractivity contribution in [1.82, 2.24) is 9.80 Å². The van der Waals surface area contributed by atoms with Gasteiger partial charge in [0, 0.05) is 31.4 Å². The molecular formula is C15H18N2O2. The highest BCUT2D eigenvalue weighted by Gasteiger charge is 2.25. The van der Waals surface area contributed by atoms with Crippen LogP contribution in [-0.2, 0) is 16.1 Å². The molecule has 2 aliphatic rings. The molecular weight excluding hydrogens is 240 g/mol. The van der Waals surface area contributed by atoms with Crippen LogP contribution >= 0.6 is 0 Å². The maximum Gasteiger partial charge on any atom is 0.249 e. The molecule has 0 atom stereocenters. The summed E-state index contributed by atoms with van der Waals surface area (Å²) < 4.78 is 5.34. The smallest absolute Gasteiger partial charge is 0.249 e. The predicted molar refractivity (Wildman–Crippen MR) is 72.3 cm³/mol. The molecule has 0 saturated carbocycles. The Kier molecular flexibility index (Phi) is 3.51. The Morgan fingerprint density at radius 1 is 1.11 bits per heavy atom. The van der Waals surface area contributed by atoms with Crippen LogP contribution in [0.25, 0.3) is 0 Å². The summed E-state index contributed by atoms with van der Waals surface area (Å²) in [5, 5.41) is 0. The highest BCUT2D eigenvalue weighted by atomic mass is 16.5. The molecule has 1 aromatic rings. The molecule has 0 radical (unpaired) electrons. The van der Waals surface area contributed by atoms with Crippen molar-refractivity contribution >= 4 is 5.91 Å². The van der Waals surface area contributed by atoms with Crippen LogP contribution < -0.4 is 0 Å². The Morgan fingerprint density at radius 2 is 1.84 bits per heavy atom. The lowest BCUT2D eigenvalue weighted by molar-refractivity contribution is -0.125. The fourth-order valence-electron chi connectivity index (χ4n) is 2.53. The van der Waals surface area contributed by atoms with E-state index in [4.69, 9.17) is 4.74 Å². The molecule has 0 spiro atoms. The van der Waals surface area contributed by atoms with Gasteiger partial charge in [-0.15, -0.1) is 0 Å². The van der Waals surface area contributed by atoms with E-state index in [1.54, 1.807) is 6.08 Å². The zero-order chi connectivity index (χ0) is 13.1. The summed E-state index contributed by atoms with van der Waals surface area (Å²) >= 11 is 0. The highest BCUT2D eigenvalue weighted by Crippen LogP contribution is 2.18. The third-order valence-electron chi connectivity index (χ3n) is 3.59. The number of hydrogen-bond donors (Lipinski definition) is 0. The topological polar surface area (TPSA) is 32.8 Å². The second kappa shape index (κ2) is 5.45. The molecule has 19 heavy (non-hydrogen) atoms. The summed E-state index contributed by atoms with van der Waals surface area (Å²) in [4.78, 5) is 16.2. The van der Waals surface area contributed by atoms with Gasteiger partial charge in [-0.25, -0.2) is 0 Å². The van der Waals surface area contributed by atoms with Gasteiger partial charge in [0.25, 0.3) is 0 Å². The predicted octanol–water partition coefficient (Wildman–Crippen LogP) is 1.24. The number of carbonyl (C=O) groups excluding carboxylic acids is 1. The van der Waals surface area contributed by atoms with E-state index < -0.39 is 0 Å². The van der Waals surface area contributed by atoms with E-state index in [0.717, 1.165) is 32.0 Å². The normalized spacial score (nSPS) is 19.8. The van der Waals surface area contributed by atoms with Crippen molar-refractivity contribution in [3.05, 3.63) is 47.7 Å². The molecule has 0 bridgehead atoms. The monoisotopic (exact) mass is 258 g/mol. The van der Waals surface area contributed by atoms with E-state index in [-0.39, 0.29) is 5.91 Å². The van der Waals surface area contributed by atoms with Crippen LogP contribution in [0.2, 0.25) is 0 Å². The second-order valence-electron chi connectivity index (χ2n) is 4.91. The van der Waals surface area contributed by atoms with Gasteiger partial charge in [0.1, 0.15) is 0 Å². The molecule has 100 valence electrons. The van der Waals surface area contributed by atoms with Crippen molar-refractivity contribution in [3.63, 3.8) is 0 Å². The van der Waals surface area contributed by atoms with E-state index >= 15 is 0 Å². The number of carbonyl (C=O) groups is 1. The first-order valence-corrected chi connectivity index (χ1v) is 6.69. The first-order valence-electron chi connectivity index (χ1n) is 6.69. The summed E-state index contributed by atoms with van der Waals surface area (Å²) in [6.45, 7) is 4.68. The average Bonchev–Trinajstić information content (AvgIpc) is 2.82. The van der Waals surface area contributed by atoms with E-state index in [0.29, 0.717) is 13.1 Å². The summed E-state index contributed by atoms with van der Waals surface area (Å²) in [7, 11) is 0. The number of benzene rings is 1. The van der Waals surface area contributed by atoms with Gasteiger partial charge in [-0.2, -0.15) is 0 Å². The van der Waals surface area contributed by atoms with E-state index in [1.807, 2.05) is 23.1 Å².